The van der Waals surface area contributed by atoms with Gasteiger partial charge in [-0.3, -0.25) is 4.98 Å². The average Bonchev–Trinajstić information content (AvgIpc) is 2.40. The van der Waals surface area contributed by atoms with Crippen LogP contribution in [-0.2, 0) is 0 Å². The van der Waals surface area contributed by atoms with Gasteiger partial charge in [0.1, 0.15) is 0 Å². The van der Waals surface area contributed by atoms with Crippen LogP contribution >= 0.6 is 0 Å². The van der Waals surface area contributed by atoms with E-state index in [4.69, 9.17) is 0 Å². The average molecular weight is 246 g/mol. The van der Waals surface area contributed by atoms with Gasteiger partial charge in [-0.25, -0.2) is 0 Å². The molecule has 0 radical (unpaired) electrons. The van der Waals surface area contributed by atoms with Crippen LogP contribution in [0.4, 0.5) is 0 Å². The molecule has 1 aromatic rings. The summed E-state index contributed by atoms with van der Waals surface area (Å²) in [6, 6.07) is 6.70. The molecule has 1 aliphatic carbocycles. The maximum atomic E-state index is 4.55. The van der Waals surface area contributed by atoms with E-state index in [1.807, 2.05) is 12.3 Å². The third-order valence-corrected chi connectivity index (χ3v) is 4.54. The third-order valence-electron chi connectivity index (χ3n) is 4.54. The van der Waals surface area contributed by atoms with Crippen molar-refractivity contribution in [3.63, 3.8) is 0 Å². The van der Waals surface area contributed by atoms with Gasteiger partial charge in [-0.05, 0) is 49.3 Å². The largest absolute Gasteiger partial charge is 0.309 e. The van der Waals surface area contributed by atoms with Crippen LogP contribution in [0.5, 0.6) is 0 Å². The molecule has 1 aliphatic rings. The lowest BCUT2D eigenvalue weighted by Crippen LogP contribution is -2.33. The molecule has 1 aromatic heterocycles. The van der Waals surface area contributed by atoms with Crippen molar-refractivity contribution in [3.8, 4) is 0 Å². The first-order valence-corrected chi connectivity index (χ1v) is 7.36. The Morgan fingerprint density at radius 2 is 2.11 bits per heavy atom. The highest BCUT2D eigenvalue weighted by atomic mass is 14.9. The summed E-state index contributed by atoms with van der Waals surface area (Å²) in [6.07, 6.45) is 5.93. The molecule has 100 valence electrons. The summed E-state index contributed by atoms with van der Waals surface area (Å²) in [5.74, 6) is 2.46. The minimum absolute atomic E-state index is 0.436. The summed E-state index contributed by atoms with van der Waals surface area (Å²) in [5.41, 5.74) is 1.21. The molecule has 0 spiro atoms. The van der Waals surface area contributed by atoms with Crippen molar-refractivity contribution in [1.82, 2.24) is 10.3 Å². The summed E-state index contributed by atoms with van der Waals surface area (Å²) < 4.78 is 0. The summed E-state index contributed by atoms with van der Waals surface area (Å²) in [6.45, 7) is 7.99. The molecular weight excluding hydrogens is 220 g/mol. The second-order valence-electron chi connectivity index (χ2n) is 5.82. The van der Waals surface area contributed by atoms with Gasteiger partial charge in [-0.2, -0.15) is 0 Å². The lowest BCUT2D eigenvalue weighted by Gasteiger charge is -2.36. The quantitative estimate of drug-likeness (QED) is 0.874. The lowest BCUT2D eigenvalue weighted by atomic mass is 9.72. The van der Waals surface area contributed by atoms with Crippen LogP contribution in [0.15, 0.2) is 24.4 Å². The first-order chi connectivity index (χ1) is 8.72. The minimum atomic E-state index is 0.436. The number of pyridine rings is 1. The fourth-order valence-electron chi connectivity index (χ4n) is 3.18. The van der Waals surface area contributed by atoms with Crippen LogP contribution in [0.25, 0.3) is 0 Å². The number of hydrogen-bond donors (Lipinski definition) is 1. The molecule has 0 amide bonds. The molecule has 1 heterocycles. The first kappa shape index (κ1) is 13.5. The van der Waals surface area contributed by atoms with Crippen molar-refractivity contribution >= 4 is 0 Å². The molecular formula is C16H26N2. The Balaban J connectivity index is 2.11. The van der Waals surface area contributed by atoms with Crippen molar-refractivity contribution in [2.45, 2.75) is 46.1 Å². The predicted molar refractivity (Wildman–Crippen MR) is 76.3 cm³/mol. The summed E-state index contributed by atoms with van der Waals surface area (Å²) in [5, 5.41) is 3.64. The molecule has 2 nitrogen and oxygen atoms in total. The molecule has 0 saturated heterocycles. The van der Waals surface area contributed by atoms with Crippen LogP contribution in [0.3, 0.4) is 0 Å². The van der Waals surface area contributed by atoms with E-state index < -0.39 is 0 Å². The Kier molecular flexibility index (Phi) is 4.76. The van der Waals surface area contributed by atoms with Crippen molar-refractivity contribution in [3.05, 3.63) is 30.1 Å². The zero-order valence-corrected chi connectivity index (χ0v) is 11.9. The van der Waals surface area contributed by atoms with E-state index in [9.17, 15) is 0 Å². The maximum absolute atomic E-state index is 4.55. The van der Waals surface area contributed by atoms with Gasteiger partial charge in [0.25, 0.3) is 0 Å². The Morgan fingerprint density at radius 1 is 1.28 bits per heavy atom. The van der Waals surface area contributed by atoms with E-state index in [-0.39, 0.29) is 0 Å². The second-order valence-corrected chi connectivity index (χ2v) is 5.82. The smallest absolute Gasteiger partial charge is 0.0576 e. The molecule has 1 saturated carbocycles. The Labute approximate surface area is 111 Å². The summed E-state index contributed by atoms with van der Waals surface area (Å²) in [7, 11) is 0. The van der Waals surface area contributed by atoms with E-state index in [1.54, 1.807) is 0 Å². The van der Waals surface area contributed by atoms with Gasteiger partial charge in [0.2, 0.25) is 0 Å². The highest BCUT2D eigenvalue weighted by molar-refractivity contribution is 5.10. The van der Waals surface area contributed by atoms with Crippen molar-refractivity contribution in [2.24, 2.45) is 17.8 Å². The zero-order valence-electron chi connectivity index (χ0n) is 11.9. The van der Waals surface area contributed by atoms with Crippen LogP contribution in [0, 0.1) is 17.8 Å². The van der Waals surface area contributed by atoms with Gasteiger partial charge in [0, 0.05) is 6.20 Å². The highest BCUT2D eigenvalue weighted by Crippen LogP contribution is 2.39. The summed E-state index contributed by atoms with van der Waals surface area (Å²) >= 11 is 0. The van der Waals surface area contributed by atoms with Gasteiger partial charge in [0.15, 0.2) is 0 Å². The molecule has 2 heteroatoms. The van der Waals surface area contributed by atoms with Crippen LogP contribution < -0.4 is 5.32 Å². The molecule has 2 rings (SSSR count). The topological polar surface area (TPSA) is 24.9 Å². The van der Waals surface area contributed by atoms with E-state index >= 15 is 0 Å². The molecule has 1 N–H and O–H groups in total. The van der Waals surface area contributed by atoms with Gasteiger partial charge < -0.3 is 5.32 Å². The molecule has 0 bridgehead atoms. The molecule has 1 fully saturated rings. The normalized spacial score (nSPS) is 30.1. The van der Waals surface area contributed by atoms with Gasteiger partial charge in [-0.15, -0.1) is 0 Å². The highest BCUT2D eigenvalue weighted by Gasteiger charge is 2.31. The van der Waals surface area contributed by atoms with Gasteiger partial charge in [0.05, 0.1) is 11.7 Å². The Bertz CT molecular complexity index is 349. The number of rotatable bonds is 4. The molecule has 0 aliphatic heterocycles. The number of hydrogen-bond acceptors (Lipinski definition) is 2. The SMILES string of the molecule is CCNC(c1ccccn1)C1CCC(C)C(C)C1. The number of nitrogens with one attached hydrogen (secondary N) is 1. The molecule has 4 unspecified atom stereocenters. The predicted octanol–water partition coefficient (Wildman–Crippen LogP) is 3.80. The Hall–Kier alpha value is -0.890. The number of nitrogens with zero attached hydrogens (tertiary/aromatic N) is 1. The molecule has 4 atom stereocenters. The van der Waals surface area contributed by atoms with E-state index in [1.165, 1.54) is 25.0 Å². The maximum Gasteiger partial charge on any atom is 0.0576 e. The number of aromatic nitrogens is 1. The first-order valence-electron chi connectivity index (χ1n) is 7.36. The minimum Gasteiger partial charge on any atom is -0.309 e. The Morgan fingerprint density at radius 3 is 2.72 bits per heavy atom. The van der Waals surface area contributed by atoms with Crippen LogP contribution in [-0.4, -0.2) is 11.5 Å². The fraction of sp³-hybridized carbons (Fsp3) is 0.688. The van der Waals surface area contributed by atoms with Crippen molar-refractivity contribution in [2.75, 3.05) is 6.54 Å². The molecule has 0 aromatic carbocycles. The van der Waals surface area contributed by atoms with Crippen molar-refractivity contribution in [1.29, 1.82) is 0 Å². The monoisotopic (exact) mass is 246 g/mol. The zero-order chi connectivity index (χ0) is 13.0. The standard InChI is InChI=1S/C16H26N2/c1-4-17-16(15-7-5-6-10-18-15)14-9-8-12(2)13(3)11-14/h5-7,10,12-14,16-17H,4,8-9,11H2,1-3H3. The lowest BCUT2D eigenvalue weighted by molar-refractivity contribution is 0.170. The third kappa shape index (κ3) is 3.11. The van der Waals surface area contributed by atoms with Gasteiger partial charge >= 0.3 is 0 Å². The molecule has 18 heavy (non-hydrogen) atoms. The van der Waals surface area contributed by atoms with Crippen LogP contribution in [0.1, 0.15) is 51.8 Å². The van der Waals surface area contributed by atoms with E-state index in [2.05, 4.69) is 43.2 Å². The van der Waals surface area contributed by atoms with E-state index in [0.29, 0.717) is 6.04 Å². The van der Waals surface area contributed by atoms with Gasteiger partial charge in [-0.1, -0.05) is 33.3 Å². The summed E-state index contributed by atoms with van der Waals surface area (Å²) in [4.78, 5) is 4.55. The van der Waals surface area contributed by atoms with E-state index in [0.717, 1.165) is 24.3 Å². The second kappa shape index (κ2) is 6.33. The fourth-order valence-corrected chi connectivity index (χ4v) is 3.18. The van der Waals surface area contributed by atoms with Crippen molar-refractivity contribution < 1.29 is 0 Å². The van der Waals surface area contributed by atoms with Crippen LogP contribution in [0.2, 0.25) is 0 Å².